The number of hydrogen-bond donors (Lipinski definition) is 0. The Labute approximate surface area is 420 Å². The number of aromatic nitrogens is 1. The molecule has 3 aliphatic heterocycles. The first kappa shape index (κ1) is 41.7. The molecular formula is C68H59BN2. The summed E-state index contributed by atoms with van der Waals surface area (Å²) in [5, 5.41) is 1.48. The van der Waals surface area contributed by atoms with Gasteiger partial charge in [-0.1, -0.05) is 181 Å². The first-order valence-corrected chi connectivity index (χ1v) is 26.9. The normalized spacial score (nSPS) is 24.9. The van der Waals surface area contributed by atoms with Crippen LogP contribution in [0, 0.1) is 5.92 Å². The highest BCUT2D eigenvalue weighted by molar-refractivity contribution is 6.94. The Morgan fingerprint density at radius 3 is 2.24 bits per heavy atom. The molecule has 0 radical (unpaired) electrons. The van der Waals surface area contributed by atoms with Crippen LogP contribution in [0.25, 0.3) is 33.7 Å². The summed E-state index contributed by atoms with van der Waals surface area (Å²) in [4.78, 5) is 2.94. The molecule has 0 spiro atoms. The molecule has 2 nitrogen and oxygen atoms in total. The summed E-state index contributed by atoms with van der Waals surface area (Å²) in [6, 6.07) is 33.7. The van der Waals surface area contributed by atoms with E-state index in [1.807, 2.05) is 0 Å². The summed E-state index contributed by atoms with van der Waals surface area (Å²) in [5.74, 6) is 0.754. The molecule has 0 amide bonds. The quantitative estimate of drug-likeness (QED) is 0.148. The monoisotopic (exact) mass is 914 g/mol. The molecule has 0 bridgehead atoms. The molecular weight excluding hydrogens is 856 g/mol. The van der Waals surface area contributed by atoms with E-state index in [-0.39, 0.29) is 24.2 Å². The van der Waals surface area contributed by atoms with E-state index in [2.05, 4.69) is 211 Å². The number of hydrogen-bond acceptors (Lipinski definition) is 1. The second kappa shape index (κ2) is 16.2. The molecule has 1 aromatic heterocycles. The van der Waals surface area contributed by atoms with Crippen molar-refractivity contribution in [3.8, 4) is 0 Å². The van der Waals surface area contributed by atoms with Gasteiger partial charge in [0.1, 0.15) is 0 Å². The van der Waals surface area contributed by atoms with Crippen LogP contribution in [0.5, 0.6) is 0 Å². The average Bonchev–Trinajstić information content (AvgIpc) is 3.97. The van der Waals surface area contributed by atoms with Crippen LogP contribution in [0.3, 0.4) is 0 Å². The molecule has 344 valence electrons. The highest BCUT2D eigenvalue weighted by Gasteiger charge is 2.55. The van der Waals surface area contributed by atoms with Crippen LogP contribution < -0.4 is 15.8 Å². The van der Waals surface area contributed by atoms with Gasteiger partial charge < -0.3 is 9.47 Å². The predicted octanol–water partition coefficient (Wildman–Crippen LogP) is 15.0. The van der Waals surface area contributed by atoms with Crippen LogP contribution in [0.15, 0.2) is 216 Å². The van der Waals surface area contributed by atoms with E-state index in [0.717, 1.165) is 64.2 Å². The van der Waals surface area contributed by atoms with Crippen molar-refractivity contribution >= 4 is 57.0 Å². The Kier molecular flexibility index (Phi) is 9.52. The molecule has 0 fully saturated rings. The first-order valence-electron chi connectivity index (χ1n) is 26.9. The van der Waals surface area contributed by atoms with Crippen LogP contribution in [0.2, 0.25) is 0 Å². The lowest BCUT2D eigenvalue weighted by molar-refractivity contribution is 0.553. The summed E-state index contributed by atoms with van der Waals surface area (Å²) >= 11 is 0. The maximum atomic E-state index is 2.94. The molecule has 0 N–H and O–H groups in total. The van der Waals surface area contributed by atoms with Gasteiger partial charge >= 0.3 is 0 Å². The van der Waals surface area contributed by atoms with E-state index in [4.69, 9.17) is 0 Å². The topological polar surface area (TPSA) is 8.17 Å². The van der Waals surface area contributed by atoms with E-state index in [9.17, 15) is 0 Å². The Morgan fingerprint density at radius 2 is 1.46 bits per heavy atom. The highest BCUT2D eigenvalue weighted by Crippen LogP contribution is 2.59. The van der Waals surface area contributed by atoms with Gasteiger partial charge in [-0.25, -0.2) is 0 Å². The molecule has 71 heavy (non-hydrogen) atoms. The van der Waals surface area contributed by atoms with Crippen LogP contribution >= 0.6 is 0 Å². The van der Waals surface area contributed by atoms with Crippen molar-refractivity contribution in [2.75, 3.05) is 4.90 Å². The molecule has 5 unspecified atom stereocenters. The SMILES string of the molecule is CC(C1=CC=CCC1)(C1=CCC2C3=C1N1c4c(cc(C5C=CC=CC5)cc4C4=CC(c5ccccc5)=CCC41)B3c1cc(C3=CC=CCC3)cc3c4c(n2c13)C=CC(C1=CC=CCC1)C4)c1ccccc1. The lowest BCUT2D eigenvalue weighted by atomic mass is 9.31. The van der Waals surface area contributed by atoms with Crippen molar-refractivity contribution in [2.45, 2.75) is 94.5 Å². The minimum Gasteiger partial charge on any atom is -0.334 e. The van der Waals surface area contributed by atoms with Crippen molar-refractivity contribution < 1.29 is 0 Å². The Hall–Kier alpha value is -7.10. The summed E-state index contributed by atoms with van der Waals surface area (Å²) in [6.45, 7) is 2.68. The van der Waals surface area contributed by atoms with E-state index >= 15 is 0 Å². The lowest BCUT2D eigenvalue weighted by Crippen LogP contribution is -2.58. The third-order valence-corrected chi connectivity index (χ3v) is 18.3. The van der Waals surface area contributed by atoms with Gasteiger partial charge in [-0.3, -0.25) is 0 Å². The second-order valence-electron chi connectivity index (χ2n) is 21.9. The summed E-state index contributed by atoms with van der Waals surface area (Å²) < 4.78 is 2.88. The maximum absolute atomic E-state index is 2.94. The smallest absolute Gasteiger partial charge is 0.247 e. The van der Waals surface area contributed by atoms with Crippen molar-refractivity contribution in [1.29, 1.82) is 0 Å². The van der Waals surface area contributed by atoms with Crippen LogP contribution in [0.1, 0.15) is 116 Å². The highest BCUT2D eigenvalue weighted by atomic mass is 15.2. The molecule has 7 aliphatic carbocycles. The number of anilines is 1. The molecule has 5 aromatic rings. The molecule has 0 saturated carbocycles. The van der Waals surface area contributed by atoms with E-state index in [0.29, 0.717) is 11.8 Å². The minimum absolute atomic E-state index is 0.103. The molecule has 15 rings (SSSR count). The number of benzene rings is 4. The van der Waals surface area contributed by atoms with Crippen molar-refractivity contribution in [3.05, 3.63) is 255 Å². The van der Waals surface area contributed by atoms with Gasteiger partial charge in [-0.15, -0.1) is 0 Å². The first-order chi connectivity index (χ1) is 35.1. The van der Waals surface area contributed by atoms with Gasteiger partial charge in [0.05, 0.1) is 12.1 Å². The number of fused-ring (bicyclic) bond motifs is 10. The molecule has 10 aliphatic rings. The maximum Gasteiger partial charge on any atom is 0.247 e. The Balaban J connectivity index is 1.05. The predicted molar refractivity (Wildman–Crippen MR) is 300 cm³/mol. The van der Waals surface area contributed by atoms with Crippen LogP contribution in [-0.4, -0.2) is 17.3 Å². The lowest BCUT2D eigenvalue weighted by Gasteiger charge is -2.51. The number of rotatable bonds is 7. The molecule has 0 saturated heterocycles. The standard InChI is InChI=1S/C68H59BN2/c1-68(52-28-16-6-17-29-52,53-30-18-7-19-31-53)58-34-37-63-64-67(58)71-62-36-33-49(45-22-10-3-11-23-45)39-55(62)57-41-51(47-26-14-5-15-27-47)43-60(66(57)71)69(64)59-42-50(46-24-12-4-13-25-46)40-56-54-38-48(44-20-8-2-9-21-44)32-35-61(54)70(63)65(56)59/h2-8,10-12,14-18,20,22-24,26,28-30,32-35,39-43,47-48,62-63H,9,13,19,21,25,27,31,36-38H2,1H3. The van der Waals surface area contributed by atoms with Gasteiger partial charge in [0, 0.05) is 50.8 Å². The summed E-state index contributed by atoms with van der Waals surface area (Å²) in [5.41, 5.74) is 27.6. The molecule has 4 heterocycles. The molecule has 5 atom stereocenters. The van der Waals surface area contributed by atoms with E-state index in [1.165, 1.54) is 94.6 Å². The Morgan fingerprint density at radius 1 is 0.662 bits per heavy atom. The number of allylic oxidation sites excluding steroid dienone is 22. The fourth-order valence-corrected chi connectivity index (χ4v) is 14.9. The fraction of sp³-hybridized carbons (Fsp3) is 0.235. The third-order valence-electron chi connectivity index (χ3n) is 18.3. The van der Waals surface area contributed by atoms with Gasteiger partial charge in [-0.2, -0.15) is 0 Å². The van der Waals surface area contributed by atoms with Gasteiger partial charge in [0.15, 0.2) is 0 Å². The summed E-state index contributed by atoms with van der Waals surface area (Å²) in [6.07, 6.45) is 54.2. The summed E-state index contributed by atoms with van der Waals surface area (Å²) in [7, 11) is 0. The molecule has 4 aromatic carbocycles. The van der Waals surface area contributed by atoms with Crippen LogP contribution in [-0.2, 0) is 11.8 Å². The van der Waals surface area contributed by atoms with Crippen molar-refractivity contribution in [3.63, 3.8) is 0 Å². The van der Waals surface area contributed by atoms with Gasteiger partial charge in [0.25, 0.3) is 0 Å². The van der Waals surface area contributed by atoms with Gasteiger partial charge in [-0.05, 0) is 162 Å². The second-order valence-corrected chi connectivity index (χ2v) is 21.9. The van der Waals surface area contributed by atoms with Crippen molar-refractivity contribution in [2.24, 2.45) is 5.92 Å². The Bertz CT molecular complexity index is 3560. The van der Waals surface area contributed by atoms with Crippen molar-refractivity contribution in [1.82, 2.24) is 4.57 Å². The average molecular weight is 915 g/mol. The zero-order valence-corrected chi connectivity index (χ0v) is 40.8. The van der Waals surface area contributed by atoms with Gasteiger partial charge in [0.2, 0.25) is 6.71 Å². The zero-order valence-electron chi connectivity index (χ0n) is 40.8. The van der Waals surface area contributed by atoms with E-state index in [1.54, 1.807) is 16.6 Å². The largest absolute Gasteiger partial charge is 0.334 e. The third kappa shape index (κ3) is 6.21. The number of nitrogens with zero attached hydrogens (tertiary/aromatic N) is 2. The van der Waals surface area contributed by atoms with E-state index < -0.39 is 0 Å². The zero-order chi connectivity index (χ0) is 46.8. The molecule has 3 heteroatoms. The minimum atomic E-state index is -0.338. The fourth-order valence-electron chi connectivity index (χ4n) is 14.9. The van der Waals surface area contributed by atoms with Crippen LogP contribution in [0.4, 0.5) is 5.69 Å².